The van der Waals surface area contributed by atoms with Gasteiger partial charge in [0.25, 0.3) is 0 Å². The molecule has 3 aromatic carbocycles. The van der Waals surface area contributed by atoms with E-state index in [1.807, 2.05) is 42.6 Å². The van der Waals surface area contributed by atoms with Gasteiger partial charge in [-0.1, -0.05) is 48.0 Å². The van der Waals surface area contributed by atoms with Crippen molar-refractivity contribution in [2.24, 2.45) is 0 Å². The predicted molar refractivity (Wildman–Crippen MR) is 116 cm³/mol. The highest BCUT2D eigenvalue weighted by molar-refractivity contribution is 6.31. The van der Waals surface area contributed by atoms with Crippen LogP contribution in [0.1, 0.15) is 32.0 Å². The summed E-state index contributed by atoms with van der Waals surface area (Å²) in [6.45, 7) is 0. The Bertz CT molecular complexity index is 1300. The number of ketones is 2. The fraction of sp³-hybridized carbons (Fsp3) is 0.0400. The zero-order valence-electron chi connectivity index (χ0n) is 16.1. The second-order valence-corrected chi connectivity index (χ2v) is 7.48. The predicted octanol–water partition coefficient (Wildman–Crippen LogP) is 5.58. The van der Waals surface area contributed by atoms with Crippen molar-refractivity contribution < 1.29 is 14.3 Å². The zero-order valence-corrected chi connectivity index (χ0v) is 16.8. The molecule has 1 aliphatic carbocycles. The molecule has 1 aromatic heterocycles. The Morgan fingerprint density at radius 1 is 0.767 bits per heavy atom. The topological polar surface area (TPSA) is 48.3 Å². The van der Waals surface area contributed by atoms with E-state index < -0.39 is 0 Å². The lowest BCUT2D eigenvalue weighted by molar-refractivity contribution is 0.0975. The molecule has 1 aliphatic rings. The van der Waals surface area contributed by atoms with Crippen molar-refractivity contribution in [3.63, 3.8) is 0 Å². The molecule has 30 heavy (non-hydrogen) atoms. The quantitative estimate of drug-likeness (QED) is 0.388. The third-order valence-electron chi connectivity index (χ3n) is 5.37. The number of fused-ring (bicyclic) bond motifs is 2. The Labute approximate surface area is 178 Å². The van der Waals surface area contributed by atoms with Crippen molar-refractivity contribution in [3.8, 4) is 22.6 Å². The summed E-state index contributed by atoms with van der Waals surface area (Å²) in [5.41, 5.74) is 3.93. The summed E-state index contributed by atoms with van der Waals surface area (Å²) in [6, 6.07) is 21.6. The molecular formula is C25H16ClNO3. The number of rotatable bonds is 3. The summed E-state index contributed by atoms with van der Waals surface area (Å²) in [7, 11) is 1.60. The van der Waals surface area contributed by atoms with Crippen LogP contribution in [0, 0.1) is 0 Å². The molecule has 4 aromatic rings. The maximum absolute atomic E-state index is 13.5. The van der Waals surface area contributed by atoms with E-state index in [-0.39, 0.29) is 11.6 Å². The van der Waals surface area contributed by atoms with Crippen molar-refractivity contribution in [1.29, 1.82) is 0 Å². The molecule has 4 nitrogen and oxygen atoms in total. The lowest BCUT2D eigenvalue weighted by Crippen LogP contribution is -2.22. The first kappa shape index (κ1) is 18.4. The van der Waals surface area contributed by atoms with E-state index >= 15 is 0 Å². The zero-order chi connectivity index (χ0) is 20.8. The normalized spacial score (nSPS) is 12.5. The van der Waals surface area contributed by atoms with E-state index in [0.717, 1.165) is 17.0 Å². The van der Waals surface area contributed by atoms with E-state index in [1.165, 1.54) is 0 Å². The molecule has 1 heterocycles. The third kappa shape index (κ3) is 2.77. The molecule has 5 rings (SSSR count). The summed E-state index contributed by atoms with van der Waals surface area (Å²) in [5.74, 6) is 0.395. The number of ether oxygens (including phenoxy) is 1. The van der Waals surface area contributed by atoms with Crippen LogP contribution in [0.3, 0.4) is 0 Å². The molecule has 146 valence electrons. The Morgan fingerprint density at radius 2 is 1.40 bits per heavy atom. The largest absolute Gasteiger partial charge is 0.497 e. The first-order valence-corrected chi connectivity index (χ1v) is 9.80. The fourth-order valence-corrected chi connectivity index (χ4v) is 4.02. The van der Waals surface area contributed by atoms with Gasteiger partial charge < -0.3 is 9.30 Å². The highest BCUT2D eigenvalue weighted by Crippen LogP contribution is 2.38. The average Bonchev–Trinajstić information content (AvgIpc) is 3.19. The van der Waals surface area contributed by atoms with Gasteiger partial charge in [-0.25, -0.2) is 0 Å². The van der Waals surface area contributed by atoms with Gasteiger partial charge in [-0.05, 0) is 42.0 Å². The highest BCUT2D eigenvalue weighted by atomic mass is 35.5. The van der Waals surface area contributed by atoms with Crippen molar-refractivity contribution in [2.75, 3.05) is 7.11 Å². The lowest BCUT2D eigenvalue weighted by atomic mass is 9.85. The molecule has 0 saturated carbocycles. The highest BCUT2D eigenvalue weighted by Gasteiger charge is 2.35. The minimum Gasteiger partial charge on any atom is -0.497 e. The first-order valence-electron chi connectivity index (χ1n) is 9.42. The minimum atomic E-state index is -0.171. The van der Waals surface area contributed by atoms with Crippen LogP contribution in [0.25, 0.3) is 16.8 Å². The van der Waals surface area contributed by atoms with Gasteiger partial charge in [0.05, 0.1) is 12.7 Å². The Balaban J connectivity index is 1.79. The number of carbonyl (C=O) groups is 2. The Morgan fingerprint density at radius 3 is 2.03 bits per heavy atom. The Kier molecular flexibility index (Phi) is 4.30. The number of benzene rings is 3. The van der Waals surface area contributed by atoms with Crippen LogP contribution in [0.15, 0.2) is 79.0 Å². The molecule has 0 saturated heterocycles. The van der Waals surface area contributed by atoms with Crippen LogP contribution in [0.5, 0.6) is 5.75 Å². The van der Waals surface area contributed by atoms with Gasteiger partial charge in [0.1, 0.15) is 11.4 Å². The summed E-state index contributed by atoms with van der Waals surface area (Å²) in [6.07, 6.45) is 1.84. The average molecular weight is 414 g/mol. The monoisotopic (exact) mass is 413 g/mol. The molecule has 0 fully saturated rings. The number of aromatic nitrogens is 1. The molecule has 0 aliphatic heterocycles. The summed E-state index contributed by atoms with van der Waals surface area (Å²) < 4.78 is 7.03. The molecule has 0 bridgehead atoms. The van der Waals surface area contributed by atoms with Crippen LogP contribution in [0.4, 0.5) is 0 Å². The Hall–Kier alpha value is -3.63. The SMILES string of the molecule is COc1ccc(-c2cn(-c3ccc(Cl)cc3)c3c2C(=O)c2ccccc2C3=O)cc1. The van der Waals surface area contributed by atoms with Gasteiger partial charge in [-0.15, -0.1) is 0 Å². The van der Waals surface area contributed by atoms with E-state index in [4.69, 9.17) is 16.3 Å². The number of methoxy groups -OCH3 is 1. The standard InChI is InChI=1S/C25H16ClNO3/c1-30-18-12-6-15(7-13-18)21-14-27(17-10-8-16(26)9-11-17)23-22(21)24(28)19-4-2-3-5-20(19)25(23)29/h2-14H,1H3. The van der Waals surface area contributed by atoms with Gasteiger partial charge in [0.2, 0.25) is 5.78 Å². The van der Waals surface area contributed by atoms with Gasteiger partial charge in [0, 0.05) is 33.6 Å². The second kappa shape index (κ2) is 7.01. The summed E-state index contributed by atoms with van der Waals surface area (Å²) in [5, 5.41) is 0.600. The minimum absolute atomic E-state index is 0.154. The molecule has 0 atom stereocenters. The third-order valence-corrected chi connectivity index (χ3v) is 5.62. The van der Waals surface area contributed by atoms with Crippen LogP contribution in [-0.2, 0) is 0 Å². The van der Waals surface area contributed by atoms with Gasteiger partial charge in [-0.3, -0.25) is 9.59 Å². The van der Waals surface area contributed by atoms with E-state index in [9.17, 15) is 9.59 Å². The molecule has 0 unspecified atom stereocenters. The van der Waals surface area contributed by atoms with Crippen LogP contribution < -0.4 is 4.74 Å². The second-order valence-electron chi connectivity index (χ2n) is 7.05. The molecule has 0 radical (unpaired) electrons. The van der Waals surface area contributed by atoms with E-state index in [1.54, 1.807) is 48.1 Å². The molecule has 0 spiro atoms. The number of hydrogen-bond acceptors (Lipinski definition) is 3. The van der Waals surface area contributed by atoms with Crippen molar-refractivity contribution in [3.05, 3.63) is 106 Å². The number of halogens is 1. The van der Waals surface area contributed by atoms with E-state index in [2.05, 4.69) is 0 Å². The fourth-order valence-electron chi connectivity index (χ4n) is 3.90. The molecule has 0 amide bonds. The van der Waals surface area contributed by atoms with Crippen LogP contribution in [0.2, 0.25) is 5.02 Å². The smallest absolute Gasteiger partial charge is 0.211 e. The maximum atomic E-state index is 13.5. The number of nitrogens with zero attached hydrogens (tertiary/aromatic N) is 1. The lowest BCUT2D eigenvalue weighted by Gasteiger charge is -2.17. The van der Waals surface area contributed by atoms with Crippen molar-refractivity contribution >= 4 is 23.2 Å². The number of hydrogen-bond donors (Lipinski definition) is 0. The molecule has 5 heteroatoms. The van der Waals surface area contributed by atoms with Crippen LogP contribution in [-0.4, -0.2) is 23.2 Å². The molecular weight excluding hydrogens is 398 g/mol. The number of carbonyl (C=O) groups excluding carboxylic acids is 2. The first-order chi connectivity index (χ1) is 14.6. The van der Waals surface area contributed by atoms with Crippen LogP contribution >= 0.6 is 11.6 Å². The summed E-state index contributed by atoms with van der Waals surface area (Å²) in [4.78, 5) is 26.9. The van der Waals surface area contributed by atoms with E-state index in [0.29, 0.717) is 33.0 Å². The van der Waals surface area contributed by atoms with Gasteiger partial charge in [0.15, 0.2) is 5.78 Å². The van der Waals surface area contributed by atoms with Crippen molar-refractivity contribution in [2.45, 2.75) is 0 Å². The van der Waals surface area contributed by atoms with Gasteiger partial charge in [-0.2, -0.15) is 0 Å². The maximum Gasteiger partial charge on any atom is 0.211 e. The molecule has 0 N–H and O–H groups in total. The summed E-state index contributed by atoms with van der Waals surface area (Å²) >= 11 is 6.05. The van der Waals surface area contributed by atoms with Gasteiger partial charge >= 0.3 is 0 Å². The van der Waals surface area contributed by atoms with Crippen molar-refractivity contribution in [1.82, 2.24) is 4.57 Å².